The first-order valence-electron chi connectivity index (χ1n) is 7.18. The molecule has 0 saturated heterocycles. The number of aryl methyl sites for hydroxylation is 1. The Balaban J connectivity index is 1.89. The minimum atomic E-state index is -1.36. The Bertz CT molecular complexity index is 630. The molecule has 0 aliphatic carbocycles. The minimum absolute atomic E-state index is 0.143. The maximum atomic E-state index is 12.8. The number of aromatic nitrogens is 3. The normalized spacial score (nSPS) is 12.1. The standard InChI is InChI=1S/C15H19FN4O3/c1-23-8-2-7-20-10-18-19-13(20)9-17-15(22)14(21)11-3-5-12(16)6-4-11/h3-6,10,14,21H,2,7-9H2,1H3,(H,17,22)/t14-/m0/s1. The first-order valence-corrected chi connectivity index (χ1v) is 7.18. The van der Waals surface area contributed by atoms with Crippen LogP contribution in [-0.4, -0.2) is 39.5 Å². The van der Waals surface area contributed by atoms with Crippen molar-refractivity contribution in [2.75, 3.05) is 13.7 Å². The van der Waals surface area contributed by atoms with Gasteiger partial charge in [0.1, 0.15) is 12.1 Å². The van der Waals surface area contributed by atoms with E-state index in [0.29, 0.717) is 24.5 Å². The Hall–Kier alpha value is -2.32. The van der Waals surface area contributed by atoms with Crippen LogP contribution in [0.1, 0.15) is 23.9 Å². The second-order valence-corrected chi connectivity index (χ2v) is 4.96. The quantitative estimate of drug-likeness (QED) is 0.702. The highest BCUT2D eigenvalue weighted by molar-refractivity contribution is 5.81. The topological polar surface area (TPSA) is 89.3 Å². The van der Waals surface area contributed by atoms with Gasteiger partial charge in [0.25, 0.3) is 5.91 Å². The molecule has 8 heteroatoms. The Kier molecular flexibility index (Phi) is 6.19. The monoisotopic (exact) mass is 322 g/mol. The number of nitrogens with zero attached hydrogens (tertiary/aromatic N) is 3. The maximum absolute atomic E-state index is 12.8. The predicted molar refractivity (Wildman–Crippen MR) is 79.7 cm³/mol. The second-order valence-electron chi connectivity index (χ2n) is 4.96. The molecule has 1 atom stereocenters. The van der Waals surface area contributed by atoms with Gasteiger partial charge in [-0.3, -0.25) is 4.79 Å². The number of carbonyl (C=O) groups excluding carboxylic acids is 1. The summed E-state index contributed by atoms with van der Waals surface area (Å²) in [5.74, 6) is -0.422. The van der Waals surface area contributed by atoms with Crippen LogP contribution in [0.3, 0.4) is 0 Å². The molecule has 0 unspecified atom stereocenters. The van der Waals surface area contributed by atoms with Crippen molar-refractivity contribution in [3.05, 3.63) is 47.8 Å². The van der Waals surface area contributed by atoms with Gasteiger partial charge < -0.3 is 19.7 Å². The number of aliphatic hydroxyl groups is 1. The number of halogens is 1. The van der Waals surface area contributed by atoms with Gasteiger partial charge in [-0.25, -0.2) is 4.39 Å². The molecule has 1 heterocycles. The lowest BCUT2D eigenvalue weighted by molar-refractivity contribution is -0.129. The fraction of sp³-hybridized carbons (Fsp3) is 0.400. The third-order valence-corrected chi connectivity index (χ3v) is 3.30. The molecule has 2 aromatic rings. The van der Waals surface area contributed by atoms with Gasteiger partial charge in [0.05, 0.1) is 6.54 Å². The summed E-state index contributed by atoms with van der Waals surface area (Å²) < 4.78 is 19.6. The summed E-state index contributed by atoms with van der Waals surface area (Å²) in [5.41, 5.74) is 0.325. The fourth-order valence-electron chi connectivity index (χ4n) is 2.04. The smallest absolute Gasteiger partial charge is 0.253 e. The lowest BCUT2D eigenvalue weighted by Gasteiger charge is -2.12. The second kappa shape index (κ2) is 8.35. The maximum Gasteiger partial charge on any atom is 0.253 e. The van der Waals surface area contributed by atoms with Crippen molar-refractivity contribution in [3.8, 4) is 0 Å². The molecule has 2 N–H and O–H groups in total. The molecular formula is C15H19FN4O3. The number of ether oxygens (including phenoxy) is 1. The van der Waals surface area contributed by atoms with E-state index < -0.39 is 17.8 Å². The highest BCUT2D eigenvalue weighted by Crippen LogP contribution is 2.13. The third kappa shape index (κ3) is 4.83. The van der Waals surface area contributed by atoms with Crippen LogP contribution in [0.2, 0.25) is 0 Å². The van der Waals surface area contributed by atoms with Gasteiger partial charge in [-0.15, -0.1) is 10.2 Å². The van der Waals surface area contributed by atoms with Crippen LogP contribution in [-0.2, 0) is 22.6 Å². The molecule has 2 rings (SSSR count). The molecule has 0 spiro atoms. The lowest BCUT2D eigenvalue weighted by atomic mass is 10.1. The number of amides is 1. The van der Waals surface area contributed by atoms with Crippen molar-refractivity contribution in [1.29, 1.82) is 0 Å². The van der Waals surface area contributed by atoms with E-state index in [4.69, 9.17) is 4.74 Å². The highest BCUT2D eigenvalue weighted by atomic mass is 19.1. The van der Waals surface area contributed by atoms with E-state index in [2.05, 4.69) is 15.5 Å². The van der Waals surface area contributed by atoms with Gasteiger partial charge in [-0.1, -0.05) is 12.1 Å². The van der Waals surface area contributed by atoms with Gasteiger partial charge in [0.15, 0.2) is 11.9 Å². The van der Waals surface area contributed by atoms with Crippen molar-refractivity contribution >= 4 is 5.91 Å². The van der Waals surface area contributed by atoms with E-state index in [0.717, 1.165) is 6.42 Å². The van der Waals surface area contributed by atoms with Crippen LogP contribution in [0.4, 0.5) is 4.39 Å². The summed E-state index contributed by atoms with van der Waals surface area (Å²) in [6.45, 7) is 1.43. The van der Waals surface area contributed by atoms with Crippen molar-refractivity contribution in [2.24, 2.45) is 0 Å². The molecular weight excluding hydrogens is 303 g/mol. The fourth-order valence-corrected chi connectivity index (χ4v) is 2.04. The molecule has 1 aromatic carbocycles. The number of methoxy groups -OCH3 is 1. The molecule has 0 aliphatic rings. The SMILES string of the molecule is COCCCn1cnnc1CNC(=O)[C@@H](O)c1ccc(F)cc1. The van der Waals surface area contributed by atoms with Gasteiger partial charge in [-0.05, 0) is 24.1 Å². The van der Waals surface area contributed by atoms with E-state index >= 15 is 0 Å². The largest absolute Gasteiger partial charge is 0.385 e. The first-order chi connectivity index (χ1) is 11.1. The summed E-state index contributed by atoms with van der Waals surface area (Å²) in [6, 6.07) is 5.12. The van der Waals surface area contributed by atoms with Crippen LogP contribution >= 0.6 is 0 Å². The number of benzene rings is 1. The van der Waals surface area contributed by atoms with Crippen LogP contribution in [0.5, 0.6) is 0 Å². The van der Waals surface area contributed by atoms with E-state index in [-0.39, 0.29) is 6.54 Å². The van der Waals surface area contributed by atoms with E-state index in [1.54, 1.807) is 13.4 Å². The number of hydrogen-bond donors (Lipinski definition) is 2. The third-order valence-electron chi connectivity index (χ3n) is 3.30. The summed E-state index contributed by atoms with van der Waals surface area (Å²) in [6.07, 6.45) is 1.02. The van der Waals surface area contributed by atoms with E-state index in [1.807, 2.05) is 4.57 Å². The summed E-state index contributed by atoms with van der Waals surface area (Å²) in [5, 5.41) is 20.3. The van der Waals surface area contributed by atoms with Crippen molar-refractivity contribution in [2.45, 2.75) is 25.6 Å². The lowest BCUT2D eigenvalue weighted by Crippen LogP contribution is -2.30. The first kappa shape index (κ1) is 17.0. The molecule has 1 amide bonds. The molecule has 7 nitrogen and oxygen atoms in total. The zero-order valence-electron chi connectivity index (χ0n) is 12.8. The Morgan fingerprint density at radius 3 is 2.87 bits per heavy atom. The molecule has 0 radical (unpaired) electrons. The number of carbonyl (C=O) groups is 1. The Morgan fingerprint density at radius 2 is 2.17 bits per heavy atom. The molecule has 0 fully saturated rings. The zero-order chi connectivity index (χ0) is 16.7. The molecule has 1 aromatic heterocycles. The van der Waals surface area contributed by atoms with Gasteiger partial charge in [0, 0.05) is 20.3 Å². The molecule has 0 aliphatic heterocycles. The summed E-state index contributed by atoms with van der Waals surface area (Å²) >= 11 is 0. The number of hydrogen-bond acceptors (Lipinski definition) is 5. The van der Waals surface area contributed by atoms with Crippen molar-refractivity contribution < 1.29 is 19.0 Å². The van der Waals surface area contributed by atoms with Crippen LogP contribution in [0.25, 0.3) is 0 Å². The van der Waals surface area contributed by atoms with Crippen LogP contribution in [0, 0.1) is 5.82 Å². The van der Waals surface area contributed by atoms with Gasteiger partial charge >= 0.3 is 0 Å². The average molecular weight is 322 g/mol. The molecule has 124 valence electrons. The minimum Gasteiger partial charge on any atom is -0.385 e. The van der Waals surface area contributed by atoms with Crippen LogP contribution in [0.15, 0.2) is 30.6 Å². The predicted octanol–water partition coefficient (Wildman–Crippen LogP) is 0.804. The van der Waals surface area contributed by atoms with E-state index in [1.165, 1.54) is 24.3 Å². The van der Waals surface area contributed by atoms with Crippen molar-refractivity contribution in [3.63, 3.8) is 0 Å². The number of aliphatic hydroxyl groups excluding tert-OH is 1. The van der Waals surface area contributed by atoms with Crippen LogP contribution < -0.4 is 5.32 Å². The number of rotatable bonds is 8. The summed E-state index contributed by atoms with van der Waals surface area (Å²) in [4.78, 5) is 12.0. The Labute approximate surface area is 133 Å². The van der Waals surface area contributed by atoms with Gasteiger partial charge in [-0.2, -0.15) is 0 Å². The molecule has 0 saturated carbocycles. The average Bonchev–Trinajstić information content (AvgIpc) is 3.00. The zero-order valence-corrected chi connectivity index (χ0v) is 12.8. The van der Waals surface area contributed by atoms with Crippen molar-refractivity contribution in [1.82, 2.24) is 20.1 Å². The molecule has 23 heavy (non-hydrogen) atoms. The molecule has 0 bridgehead atoms. The summed E-state index contributed by atoms with van der Waals surface area (Å²) in [7, 11) is 1.63. The van der Waals surface area contributed by atoms with E-state index in [9.17, 15) is 14.3 Å². The number of nitrogens with one attached hydrogen (secondary N) is 1. The van der Waals surface area contributed by atoms with Gasteiger partial charge in [0.2, 0.25) is 0 Å². The highest BCUT2D eigenvalue weighted by Gasteiger charge is 2.17. The Morgan fingerprint density at radius 1 is 1.43 bits per heavy atom.